The molecule has 0 aromatic heterocycles. The molecule has 2 rings (SSSR count). The zero-order chi connectivity index (χ0) is 17.0. The molecule has 0 spiro atoms. The quantitative estimate of drug-likeness (QED) is 0.912. The van der Waals surface area contributed by atoms with E-state index in [0.717, 1.165) is 5.56 Å². The number of nitrogens with one attached hydrogen (secondary N) is 1. The summed E-state index contributed by atoms with van der Waals surface area (Å²) in [5.74, 6) is 0.511. The summed E-state index contributed by atoms with van der Waals surface area (Å²) in [4.78, 5) is 0.299. The van der Waals surface area contributed by atoms with Crippen molar-refractivity contribution in [1.29, 1.82) is 5.26 Å². The van der Waals surface area contributed by atoms with Gasteiger partial charge in [0.1, 0.15) is 11.8 Å². The molecule has 0 radical (unpaired) electrons. The normalized spacial score (nSPS) is 10.9. The molecule has 0 aliphatic carbocycles. The van der Waals surface area contributed by atoms with Crippen molar-refractivity contribution in [3.05, 3.63) is 53.1 Å². The van der Waals surface area contributed by atoms with Crippen LogP contribution in [0, 0.1) is 32.1 Å². The number of anilines is 1. The van der Waals surface area contributed by atoms with Gasteiger partial charge in [-0.1, -0.05) is 17.7 Å². The summed E-state index contributed by atoms with van der Waals surface area (Å²) in [5, 5.41) is 8.47. The molecule has 0 aliphatic heterocycles. The number of rotatable bonds is 5. The minimum atomic E-state index is -3.66. The van der Waals surface area contributed by atoms with E-state index in [0.29, 0.717) is 27.5 Å². The van der Waals surface area contributed by atoms with Crippen molar-refractivity contribution in [3.8, 4) is 11.8 Å². The third-order valence-electron chi connectivity index (χ3n) is 3.28. The molecule has 0 saturated carbocycles. The van der Waals surface area contributed by atoms with E-state index in [2.05, 4.69) is 4.72 Å². The predicted molar refractivity (Wildman–Crippen MR) is 89.0 cm³/mol. The summed E-state index contributed by atoms with van der Waals surface area (Å²) in [6.07, 6.45) is 0. The van der Waals surface area contributed by atoms with Gasteiger partial charge in [0.05, 0.1) is 4.90 Å². The van der Waals surface area contributed by atoms with Crippen molar-refractivity contribution in [2.24, 2.45) is 0 Å². The summed E-state index contributed by atoms with van der Waals surface area (Å²) < 4.78 is 33.0. The average molecular weight is 330 g/mol. The van der Waals surface area contributed by atoms with E-state index >= 15 is 0 Å². The SMILES string of the molecule is Cc1cc(C)c(S(=O)(=O)Nc2ccc(OCC#N)cc2)c(C)c1. The standard InChI is InChI=1S/C17H18N2O3S/c1-12-10-13(2)17(14(3)11-12)23(20,21)19-15-4-6-16(7-5-15)22-9-8-18/h4-7,10-11,19H,9H2,1-3H3. The second kappa shape index (κ2) is 6.71. The lowest BCUT2D eigenvalue weighted by atomic mass is 10.1. The van der Waals surface area contributed by atoms with E-state index in [-0.39, 0.29) is 6.61 Å². The second-order valence-electron chi connectivity index (χ2n) is 5.30. The van der Waals surface area contributed by atoms with Gasteiger partial charge in [-0.2, -0.15) is 5.26 Å². The Kier molecular flexibility index (Phi) is 4.92. The first-order valence-corrected chi connectivity index (χ1v) is 8.52. The summed E-state index contributed by atoms with van der Waals surface area (Å²) in [5.41, 5.74) is 2.89. The molecule has 0 bridgehead atoms. The van der Waals surface area contributed by atoms with E-state index in [1.165, 1.54) is 0 Å². The fourth-order valence-electron chi connectivity index (χ4n) is 2.53. The lowest BCUT2D eigenvalue weighted by Gasteiger charge is -2.14. The van der Waals surface area contributed by atoms with E-state index in [4.69, 9.17) is 10.00 Å². The van der Waals surface area contributed by atoms with Crippen LogP contribution in [0.1, 0.15) is 16.7 Å². The largest absolute Gasteiger partial charge is 0.479 e. The number of hydrogen-bond donors (Lipinski definition) is 1. The van der Waals surface area contributed by atoms with Gasteiger partial charge >= 0.3 is 0 Å². The van der Waals surface area contributed by atoms with Crippen LogP contribution in [0.2, 0.25) is 0 Å². The molecule has 1 N–H and O–H groups in total. The lowest BCUT2D eigenvalue weighted by molar-refractivity contribution is 0.368. The van der Waals surface area contributed by atoms with E-state index < -0.39 is 10.0 Å². The average Bonchev–Trinajstić information content (AvgIpc) is 2.44. The van der Waals surface area contributed by atoms with E-state index in [1.807, 2.05) is 25.1 Å². The van der Waals surface area contributed by atoms with E-state index in [9.17, 15) is 8.42 Å². The molecule has 6 heteroatoms. The third-order valence-corrected chi connectivity index (χ3v) is 4.97. The number of hydrogen-bond acceptors (Lipinski definition) is 4. The van der Waals surface area contributed by atoms with Crippen LogP contribution >= 0.6 is 0 Å². The lowest BCUT2D eigenvalue weighted by Crippen LogP contribution is -2.15. The summed E-state index contributed by atoms with van der Waals surface area (Å²) in [6, 6.07) is 12.0. The molecular weight excluding hydrogens is 312 g/mol. The zero-order valence-corrected chi connectivity index (χ0v) is 14.1. The predicted octanol–water partition coefficient (Wildman–Crippen LogP) is 3.32. The third kappa shape index (κ3) is 4.02. The number of sulfonamides is 1. The van der Waals surface area contributed by atoms with Gasteiger partial charge in [-0.25, -0.2) is 8.42 Å². The van der Waals surface area contributed by atoms with Crippen LogP contribution in [0.15, 0.2) is 41.3 Å². The summed E-state index contributed by atoms with van der Waals surface area (Å²) >= 11 is 0. The molecule has 0 fully saturated rings. The highest BCUT2D eigenvalue weighted by Crippen LogP contribution is 2.25. The Labute approximate surface area is 136 Å². The van der Waals surface area contributed by atoms with Gasteiger partial charge in [-0.05, 0) is 56.2 Å². The van der Waals surface area contributed by atoms with Crippen molar-refractivity contribution < 1.29 is 13.2 Å². The van der Waals surface area contributed by atoms with Crippen LogP contribution < -0.4 is 9.46 Å². The maximum atomic E-state index is 12.6. The molecule has 0 saturated heterocycles. The van der Waals surface area contributed by atoms with Crippen LogP contribution in [-0.4, -0.2) is 15.0 Å². The molecule has 0 aliphatic rings. The zero-order valence-electron chi connectivity index (χ0n) is 13.3. The van der Waals surface area contributed by atoms with Gasteiger partial charge in [-0.15, -0.1) is 0 Å². The Morgan fingerprint density at radius 2 is 1.65 bits per heavy atom. The maximum absolute atomic E-state index is 12.6. The van der Waals surface area contributed by atoms with Gasteiger partial charge in [-0.3, -0.25) is 4.72 Å². The molecule has 5 nitrogen and oxygen atoms in total. The first-order valence-electron chi connectivity index (χ1n) is 7.04. The van der Waals surface area contributed by atoms with Crippen molar-refractivity contribution in [2.45, 2.75) is 25.7 Å². The Bertz CT molecular complexity index is 827. The fraction of sp³-hybridized carbons (Fsp3) is 0.235. The molecule has 0 amide bonds. The number of nitrogens with zero attached hydrogens (tertiary/aromatic N) is 1. The topological polar surface area (TPSA) is 79.2 Å². The van der Waals surface area contributed by atoms with Gasteiger partial charge in [0.2, 0.25) is 0 Å². The molecular formula is C17H18N2O3S. The molecule has 0 unspecified atom stereocenters. The first-order chi connectivity index (χ1) is 10.8. The Morgan fingerprint density at radius 3 is 2.17 bits per heavy atom. The number of nitriles is 1. The maximum Gasteiger partial charge on any atom is 0.262 e. The molecule has 0 heterocycles. The fourth-order valence-corrected chi connectivity index (χ4v) is 4.05. The van der Waals surface area contributed by atoms with Crippen molar-refractivity contribution in [3.63, 3.8) is 0 Å². The Balaban J connectivity index is 2.27. The molecule has 23 heavy (non-hydrogen) atoms. The summed E-state index contributed by atoms with van der Waals surface area (Å²) in [7, 11) is -3.66. The Hall–Kier alpha value is -2.52. The van der Waals surface area contributed by atoms with Crippen LogP contribution in [0.3, 0.4) is 0 Å². The smallest absolute Gasteiger partial charge is 0.262 e. The first kappa shape index (κ1) is 16.8. The molecule has 120 valence electrons. The van der Waals surface area contributed by atoms with Crippen molar-refractivity contribution in [2.75, 3.05) is 11.3 Å². The van der Waals surface area contributed by atoms with Crippen LogP contribution in [0.5, 0.6) is 5.75 Å². The molecule has 2 aromatic carbocycles. The van der Waals surface area contributed by atoms with Gasteiger partial charge in [0, 0.05) is 5.69 Å². The highest BCUT2D eigenvalue weighted by Gasteiger charge is 2.20. The monoisotopic (exact) mass is 330 g/mol. The molecule has 0 atom stereocenters. The molecule has 2 aromatic rings. The minimum absolute atomic E-state index is 0.0488. The van der Waals surface area contributed by atoms with Gasteiger partial charge < -0.3 is 4.74 Å². The number of aryl methyl sites for hydroxylation is 3. The van der Waals surface area contributed by atoms with Crippen LogP contribution in [-0.2, 0) is 10.0 Å². The van der Waals surface area contributed by atoms with Crippen molar-refractivity contribution in [1.82, 2.24) is 0 Å². The highest BCUT2D eigenvalue weighted by molar-refractivity contribution is 7.92. The number of benzene rings is 2. The second-order valence-corrected chi connectivity index (χ2v) is 6.92. The van der Waals surface area contributed by atoms with Crippen LogP contribution in [0.4, 0.5) is 5.69 Å². The number of ether oxygens (including phenoxy) is 1. The van der Waals surface area contributed by atoms with Crippen LogP contribution in [0.25, 0.3) is 0 Å². The minimum Gasteiger partial charge on any atom is -0.479 e. The van der Waals surface area contributed by atoms with Crippen molar-refractivity contribution >= 4 is 15.7 Å². The van der Waals surface area contributed by atoms with E-state index in [1.54, 1.807) is 38.1 Å². The summed E-state index contributed by atoms with van der Waals surface area (Å²) in [6.45, 7) is 5.46. The van der Waals surface area contributed by atoms with Gasteiger partial charge in [0.15, 0.2) is 6.61 Å². The Morgan fingerprint density at radius 1 is 1.09 bits per heavy atom. The van der Waals surface area contributed by atoms with Gasteiger partial charge in [0.25, 0.3) is 10.0 Å². The highest BCUT2D eigenvalue weighted by atomic mass is 32.2.